The maximum atomic E-state index is 12.4. The number of rotatable bonds is 3. The van der Waals surface area contributed by atoms with Gasteiger partial charge in [-0.2, -0.15) is 8.42 Å². The first-order valence-corrected chi connectivity index (χ1v) is 8.50. The molecule has 0 aliphatic rings. The van der Waals surface area contributed by atoms with Crippen molar-refractivity contribution in [3.05, 3.63) is 74.9 Å². The van der Waals surface area contributed by atoms with Gasteiger partial charge in [0.05, 0.1) is 16.0 Å². The third-order valence-electron chi connectivity index (χ3n) is 2.50. The molecule has 0 spiro atoms. The number of amides is 1. The SMILES string of the molecule is NC(=O)c1ccc(F)cc1Cl.O=S(=O)(O)C=Cc1ccc(Cl)cc1. The lowest BCUT2D eigenvalue weighted by Gasteiger charge is -1.97. The normalized spacial score (nSPS) is 11.0. The van der Waals surface area contributed by atoms with Crippen LogP contribution in [-0.4, -0.2) is 18.9 Å². The van der Waals surface area contributed by atoms with E-state index in [-0.39, 0.29) is 10.6 Å². The van der Waals surface area contributed by atoms with Crippen LogP contribution < -0.4 is 5.73 Å². The molecule has 0 bridgehead atoms. The number of primary amides is 1. The van der Waals surface area contributed by atoms with Gasteiger partial charge in [0.15, 0.2) is 0 Å². The average Bonchev–Trinajstić information content (AvgIpc) is 2.46. The monoisotopic (exact) mass is 391 g/mol. The Hall–Kier alpha value is -1.93. The Morgan fingerprint density at radius 2 is 1.71 bits per heavy atom. The van der Waals surface area contributed by atoms with Crippen molar-refractivity contribution >= 4 is 45.3 Å². The molecule has 128 valence electrons. The highest BCUT2D eigenvalue weighted by atomic mass is 35.5. The van der Waals surface area contributed by atoms with E-state index in [9.17, 15) is 17.6 Å². The summed E-state index contributed by atoms with van der Waals surface area (Å²) in [5, 5.41) is 1.33. The van der Waals surface area contributed by atoms with Gasteiger partial charge >= 0.3 is 0 Å². The number of halogens is 3. The summed E-state index contributed by atoms with van der Waals surface area (Å²) in [5.41, 5.74) is 5.71. The zero-order valence-corrected chi connectivity index (χ0v) is 14.3. The first-order chi connectivity index (χ1) is 11.1. The summed E-state index contributed by atoms with van der Waals surface area (Å²) < 4.78 is 41.4. The van der Waals surface area contributed by atoms with Crippen molar-refractivity contribution < 1.29 is 22.2 Å². The lowest BCUT2D eigenvalue weighted by molar-refractivity contribution is 0.100. The quantitative estimate of drug-likeness (QED) is 0.777. The maximum Gasteiger partial charge on any atom is 0.287 e. The highest BCUT2D eigenvalue weighted by molar-refractivity contribution is 7.88. The largest absolute Gasteiger partial charge is 0.366 e. The highest BCUT2D eigenvalue weighted by Gasteiger charge is 2.05. The summed E-state index contributed by atoms with van der Waals surface area (Å²) in [6, 6.07) is 9.97. The van der Waals surface area contributed by atoms with Gasteiger partial charge in [-0.05, 0) is 42.0 Å². The number of carbonyl (C=O) groups is 1. The van der Waals surface area contributed by atoms with Crippen molar-refractivity contribution in [1.82, 2.24) is 0 Å². The van der Waals surface area contributed by atoms with E-state index in [0.717, 1.165) is 17.5 Å². The molecule has 0 saturated carbocycles. The minimum absolute atomic E-state index is 0.0394. The van der Waals surface area contributed by atoms with Crippen molar-refractivity contribution in [2.45, 2.75) is 0 Å². The van der Waals surface area contributed by atoms with Crippen LogP contribution in [0.25, 0.3) is 6.08 Å². The van der Waals surface area contributed by atoms with Gasteiger partial charge in [-0.25, -0.2) is 4.39 Å². The van der Waals surface area contributed by atoms with Crippen molar-refractivity contribution in [2.75, 3.05) is 0 Å². The fourth-order valence-electron chi connectivity index (χ4n) is 1.43. The maximum absolute atomic E-state index is 12.4. The van der Waals surface area contributed by atoms with E-state index in [1.165, 1.54) is 12.1 Å². The van der Waals surface area contributed by atoms with E-state index in [1.54, 1.807) is 24.3 Å². The molecule has 0 radical (unpaired) electrons. The Bertz CT molecular complexity index is 852. The molecule has 2 aromatic rings. The van der Waals surface area contributed by atoms with Crippen molar-refractivity contribution in [3.63, 3.8) is 0 Å². The molecule has 0 aromatic heterocycles. The molecule has 0 atom stereocenters. The van der Waals surface area contributed by atoms with E-state index in [2.05, 4.69) is 0 Å². The third-order valence-corrected chi connectivity index (χ3v) is 3.54. The predicted octanol–water partition coefficient (Wildman–Crippen LogP) is 3.78. The van der Waals surface area contributed by atoms with Crippen LogP contribution in [0.15, 0.2) is 47.9 Å². The number of nitrogens with two attached hydrogens (primary N) is 1. The molecule has 0 heterocycles. The van der Waals surface area contributed by atoms with Crippen LogP contribution in [0, 0.1) is 5.82 Å². The lowest BCUT2D eigenvalue weighted by Crippen LogP contribution is -2.11. The summed E-state index contributed by atoms with van der Waals surface area (Å²) >= 11 is 11.1. The Morgan fingerprint density at radius 3 is 2.17 bits per heavy atom. The van der Waals surface area contributed by atoms with Crippen LogP contribution in [0.3, 0.4) is 0 Å². The van der Waals surface area contributed by atoms with Gasteiger partial charge < -0.3 is 5.73 Å². The fourth-order valence-corrected chi connectivity index (χ4v) is 2.14. The van der Waals surface area contributed by atoms with Crippen LogP contribution in [0.2, 0.25) is 10.0 Å². The molecule has 5 nitrogen and oxygen atoms in total. The number of carbonyl (C=O) groups excluding carboxylic acids is 1. The summed E-state index contributed by atoms with van der Waals surface area (Å²) in [4.78, 5) is 10.5. The lowest BCUT2D eigenvalue weighted by atomic mass is 10.2. The first-order valence-electron chi connectivity index (χ1n) is 6.24. The molecule has 0 aliphatic carbocycles. The first kappa shape index (κ1) is 20.1. The summed E-state index contributed by atoms with van der Waals surface area (Å²) in [6.07, 6.45) is 1.28. The molecule has 1 amide bonds. The topological polar surface area (TPSA) is 97.5 Å². The Kier molecular flexibility index (Phi) is 7.37. The van der Waals surface area contributed by atoms with Crippen LogP contribution in [-0.2, 0) is 10.1 Å². The fraction of sp³-hybridized carbons (Fsp3) is 0. The molecule has 0 saturated heterocycles. The minimum Gasteiger partial charge on any atom is -0.366 e. The van der Waals surface area contributed by atoms with Crippen molar-refractivity contribution in [3.8, 4) is 0 Å². The average molecular weight is 392 g/mol. The molecule has 2 aromatic carbocycles. The second-order valence-corrected chi connectivity index (χ2v) is 6.50. The van der Waals surface area contributed by atoms with E-state index in [1.807, 2.05) is 0 Å². The van der Waals surface area contributed by atoms with Crippen molar-refractivity contribution in [2.24, 2.45) is 5.73 Å². The van der Waals surface area contributed by atoms with Gasteiger partial charge in [-0.3, -0.25) is 9.35 Å². The predicted molar refractivity (Wildman–Crippen MR) is 92.0 cm³/mol. The van der Waals surface area contributed by atoms with Crippen LogP contribution in [0.4, 0.5) is 4.39 Å². The smallest absolute Gasteiger partial charge is 0.287 e. The Labute approximate surface area is 148 Å². The Balaban J connectivity index is 0.000000243. The van der Waals surface area contributed by atoms with Gasteiger partial charge in [0.2, 0.25) is 5.91 Å². The minimum atomic E-state index is -4.05. The van der Waals surface area contributed by atoms with Gasteiger partial charge in [0.25, 0.3) is 10.1 Å². The molecule has 0 aliphatic heterocycles. The Morgan fingerprint density at radius 1 is 1.12 bits per heavy atom. The van der Waals surface area contributed by atoms with Gasteiger partial charge in [0, 0.05) is 5.02 Å². The highest BCUT2D eigenvalue weighted by Crippen LogP contribution is 2.16. The molecular weight excluding hydrogens is 380 g/mol. The van der Waals surface area contributed by atoms with Gasteiger partial charge in [-0.15, -0.1) is 0 Å². The molecule has 3 N–H and O–H groups in total. The number of hydrogen-bond donors (Lipinski definition) is 2. The molecule has 2 rings (SSSR count). The van der Waals surface area contributed by atoms with Gasteiger partial charge in [0.1, 0.15) is 5.82 Å². The zero-order chi connectivity index (χ0) is 18.3. The van der Waals surface area contributed by atoms with E-state index < -0.39 is 21.8 Å². The second-order valence-electron chi connectivity index (χ2n) is 4.36. The van der Waals surface area contributed by atoms with E-state index in [4.69, 9.17) is 33.5 Å². The number of benzene rings is 2. The zero-order valence-electron chi connectivity index (χ0n) is 12.0. The molecule has 0 unspecified atom stereocenters. The van der Waals surface area contributed by atoms with Crippen LogP contribution in [0.1, 0.15) is 15.9 Å². The standard InChI is InChI=1S/C8H7ClO3S.C7H5ClFNO/c9-8-3-1-7(2-4-8)5-6-13(10,11)12;8-6-3-4(9)1-2-5(6)7(10)11/h1-6H,(H,10,11,12);1-3H,(H2,10,11). The van der Waals surface area contributed by atoms with Crippen LogP contribution >= 0.6 is 23.2 Å². The van der Waals surface area contributed by atoms with Gasteiger partial charge in [-0.1, -0.05) is 35.3 Å². The molecule has 9 heteroatoms. The van der Waals surface area contributed by atoms with Crippen LogP contribution in [0.5, 0.6) is 0 Å². The van der Waals surface area contributed by atoms with Crippen molar-refractivity contribution in [1.29, 1.82) is 0 Å². The summed E-state index contributed by atoms with van der Waals surface area (Å²) in [6.45, 7) is 0. The third kappa shape index (κ3) is 7.56. The molecular formula is C15H12Cl2FNO4S. The second kappa shape index (κ2) is 8.79. The summed E-state index contributed by atoms with van der Waals surface area (Å²) in [5.74, 6) is -1.14. The van der Waals surface area contributed by atoms with E-state index in [0.29, 0.717) is 10.6 Å². The molecule has 24 heavy (non-hydrogen) atoms. The summed E-state index contributed by atoms with van der Waals surface area (Å²) in [7, 11) is -4.05. The molecule has 0 fully saturated rings. The van der Waals surface area contributed by atoms with E-state index >= 15 is 0 Å². The number of hydrogen-bond acceptors (Lipinski definition) is 3.